The second kappa shape index (κ2) is 5.77. The Labute approximate surface area is 112 Å². The minimum absolute atomic E-state index is 0.0576. The standard InChI is InChI=1S/C13H22N2O4/c1-8(9-4-2-3-5-9)14-13(19)15-7-10(16)6-11(15)12(17)18/h8-11,16H,2-7H2,1H3,(H,14,19)(H,17,18)/t8?,10?,11-/m0/s1. The largest absolute Gasteiger partial charge is 0.480 e. The first-order valence-electron chi connectivity index (χ1n) is 6.97. The molecule has 6 heteroatoms. The van der Waals surface area contributed by atoms with Crippen LogP contribution in [0.2, 0.25) is 0 Å². The highest BCUT2D eigenvalue weighted by Crippen LogP contribution is 2.28. The van der Waals surface area contributed by atoms with E-state index in [-0.39, 0.29) is 25.0 Å². The van der Waals surface area contributed by atoms with Gasteiger partial charge in [-0.25, -0.2) is 9.59 Å². The van der Waals surface area contributed by atoms with Gasteiger partial charge in [0, 0.05) is 19.0 Å². The summed E-state index contributed by atoms with van der Waals surface area (Å²) in [4.78, 5) is 24.4. The van der Waals surface area contributed by atoms with Crippen molar-refractivity contribution in [2.75, 3.05) is 6.54 Å². The van der Waals surface area contributed by atoms with Crippen LogP contribution in [0.25, 0.3) is 0 Å². The maximum absolute atomic E-state index is 12.1. The molecule has 1 heterocycles. The van der Waals surface area contributed by atoms with Crippen LogP contribution in [0.15, 0.2) is 0 Å². The normalized spacial score (nSPS) is 29.5. The summed E-state index contributed by atoms with van der Waals surface area (Å²) in [5.74, 6) is -0.569. The minimum Gasteiger partial charge on any atom is -0.480 e. The van der Waals surface area contributed by atoms with E-state index in [9.17, 15) is 14.7 Å². The smallest absolute Gasteiger partial charge is 0.326 e. The van der Waals surface area contributed by atoms with Crippen LogP contribution in [0.3, 0.4) is 0 Å². The zero-order valence-corrected chi connectivity index (χ0v) is 11.2. The van der Waals surface area contributed by atoms with Crippen LogP contribution < -0.4 is 5.32 Å². The number of carboxylic acid groups (broad SMARTS) is 1. The van der Waals surface area contributed by atoms with Crippen LogP contribution in [0, 0.1) is 5.92 Å². The highest BCUT2D eigenvalue weighted by molar-refractivity contribution is 5.83. The first-order chi connectivity index (χ1) is 8.99. The highest BCUT2D eigenvalue weighted by atomic mass is 16.4. The third-order valence-electron chi connectivity index (χ3n) is 4.28. The fraction of sp³-hybridized carbons (Fsp3) is 0.846. The van der Waals surface area contributed by atoms with Crippen LogP contribution in [0.1, 0.15) is 39.0 Å². The second-order valence-corrected chi connectivity index (χ2v) is 5.68. The number of rotatable bonds is 3. The molecular formula is C13H22N2O4. The summed E-state index contributed by atoms with van der Waals surface area (Å²) in [6.07, 6.45) is 4.00. The Morgan fingerprint density at radius 1 is 1.32 bits per heavy atom. The van der Waals surface area contributed by atoms with E-state index in [1.165, 1.54) is 17.7 Å². The fourth-order valence-corrected chi connectivity index (χ4v) is 3.13. The summed E-state index contributed by atoms with van der Waals surface area (Å²) < 4.78 is 0. The number of urea groups is 1. The average Bonchev–Trinajstić information content (AvgIpc) is 2.96. The molecule has 1 aliphatic carbocycles. The van der Waals surface area contributed by atoms with Gasteiger partial charge in [0.1, 0.15) is 6.04 Å². The molecule has 2 fully saturated rings. The van der Waals surface area contributed by atoms with Gasteiger partial charge in [-0.1, -0.05) is 12.8 Å². The van der Waals surface area contributed by atoms with E-state index in [0.717, 1.165) is 12.8 Å². The van der Waals surface area contributed by atoms with Crippen molar-refractivity contribution in [3.05, 3.63) is 0 Å². The SMILES string of the molecule is CC(NC(=O)N1CC(O)C[C@H]1C(=O)O)C1CCCC1. The topological polar surface area (TPSA) is 89.9 Å². The van der Waals surface area contributed by atoms with Crippen molar-refractivity contribution in [1.29, 1.82) is 0 Å². The highest BCUT2D eigenvalue weighted by Gasteiger charge is 2.39. The van der Waals surface area contributed by atoms with Crippen LogP contribution >= 0.6 is 0 Å². The molecule has 0 radical (unpaired) electrons. The third-order valence-corrected chi connectivity index (χ3v) is 4.28. The lowest BCUT2D eigenvalue weighted by molar-refractivity contribution is -0.141. The molecule has 1 saturated carbocycles. The second-order valence-electron chi connectivity index (χ2n) is 5.68. The molecule has 2 unspecified atom stereocenters. The van der Waals surface area contributed by atoms with Gasteiger partial charge >= 0.3 is 12.0 Å². The Kier molecular flexibility index (Phi) is 4.29. The van der Waals surface area contributed by atoms with E-state index in [1.54, 1.807) is 0 Å². The molecule has 1 saturated heterocycles. The van der Waals surface area contributed by atoms with Crippen molar-refractivity contribution in [1.82, 2.24) is 10.2 Å². The Morgan fingerprint density at radius 3 is 2.53 bits per heavy atom. The van der Waals surface area contributed by atoms with E-state index >= 15 is 0 Å². The lowest BCUT2D eigenvalue weighted by Gasteiger charge is -2.26. The molecule has 0 aromatic carbocycles. The van der Waals surface area contributed by atoms with Gasteiger partial charge in [0.25, 0.3) is 0 Å². The van der Waals surface area contributed by atoms with Crippen molar-refractivity contribution >= 4 is 12.0 Å². The summed E-state index contributed by atoms with van der Waals surface area (Å²) in [5, 5.41) is 21.5. The van der Waals surface area contributed by atoms with Gasteiger partial charge in [0.15, 0.2) is 0 Å². The number of aliphatic hydroxyl groups excluding tert-OH is 1. The van der Waals surface area contributed by atoms with Gasteiger partial charge < -0.3 is 20.4 Å². The zero-order valence-electron chi connectivity index (χ0n) is 11.2. The molecule has 0 aromatic heterocycles. The van der Waals surface area contributed by atoms with Crippen LogP contribution in [0.5, 0.6) is 0 Å². The quantitative estimate of drug-likeness (QED) is 0.707. The van der Waals surface area contributed by atoms with Crippen LogP contribution in [0.4, 0.5) is 4.79 Å². The molecule has 0 spiro atoms. The molecule has 2 aliphatic rings. The molecular weight excluding hydrogens is 248 g/mol. The minimum atomic E-state index is -1.06. The average molecular weight is 270 g/mol. The van der Waals surface area contributed by atoms with Gasteiger partial charge in [0.05, 0.1) is 6.10 Å². The number of nitrogens with zero attached hydrogens (tertiary/aromatic N) is 1. The van der Waals surface area contributed by atoms with E-state index < -0.39 is 18.1 Å². The molecule has 1 aliphatic heterocycles. The fourth-order valence-electron chi connectivity index (χ4n) is 3.13. The van der Waals surface area contributed by atoms with E-state index in [2.05, 4.69) is 5.32 Å². The van der Waals surface area contributed by atoms with Gasteiger partial charge in [0.2, 0.25) is 0 Å². The molecule has 2 amide bonds. The number of aliphatic hydroxyl groups is 1. The molecule has 3 N–H and O–H groups in total. The number of carbonyl (C=O) groups excluding carboxylic acids is 1. The van der Waals surface area contributed by atoms with Crippen molar-refractivity contribution in [2.24, 2.45) is 5.92 Å². The van der Waals surface area contributed by atoms with E-state index in [1.807, 2.05) is 6.92 Å². The Balaban J connectivity index is 1.92. The predicted octanol–water partition coefficient (Wildman–Crippen LogP) is 0.794. The van der Waals surface area contributed by atoms with Crippen molar-refractivity contribution < 1.29 is 19.8 Å². The summed E-state index contributed by atoms with van der Waals surface area (Å²) in [6.45, 7) is 2.07. The van der Waals surface area contributed by atoms with Gasteiger partial charge in [-0.05, 0) is 25.7 Å². The number of hydrogen-bond acceptors (Lipinski definition) is 3. The number of aliphatic carboxylic acids is 1. The summed E-state index contributed by atoms with van der Waals surface area (Å²) >= 11 is 0. The molecule has 0 bridgehead atoms. The van der Waals surface area contributed by atoms with Crippen molar-refractivity contribution in [2.45, 2.75) is 57.2 Å². The molecule has 2 rings (SSSR count). The van der Waals surface area contributed by atoms with Crippen molar-refractivity contribution in [3.8, 4) is 0 Å². The maximum Gasteiger partial charge on any atom is 0.326 e. The molecule has 19 heavy (non-hydrogen) atoms. The number of amides is 2. The molecule has 108 valence electrons. The zero-order chi connectivity index (χ0) is 14.0. The predicted molar refractivity (Wildman–Crippen MR) is 68.7 cm³/mol. The van der Waals surface area contributed by atoms with Crippen LogP contribution in [-0.4, -0.2) is 51.8 Å². The summed E-state index contributed by atoms with van der Waals surface area (Å²) in [5.41, 5.74) is 0. The number of hydrogen-bond donors (Lipinski definition) is 3. The van der Waals surface area contributed by atoms with E-state index in [0.29, 0.717) is 5.92 Å². The Morgan fingerprint density at radius 2 is 1.95 bits per heavy atom. The lowest BCUT2D eigenvalue weighted by Crippen LogP contribution is -2.50. The number of nitrogens with one attached hydrogen (secondary N) is 1. The number of β-amino-alcohol motifs (C(OH)–C–C–N with tert-alkyl or cyclic N) is 1. The Hall–Kier alpha value is -1.30. The molecule has 3 atom stereocenters. The lowest BCUT2D eigenvalue weighted by atomic mass is 10.00. The first-order valence-corrected chi connectivity index (χ1v) is 6.97. The number of carboxylic acids is 1. The summed E-state index contributed by atoms with van der Waals surface area (Å²) in [6, 6.07) is -1.23. The van der Waals surface area contributed by atoms with E-state index in [4.69, 9.17) is 5.11 Å². The Bertz CT molecular complexity index is 355. The summed E-state index contributed by atoms with van der Waals surface area (Å²) in [7, 11) is 0. The molecule has 0 aromatic rings. The van der Waals surface area contributed by atoms with Gasteiger partial charge in [-0.3, -0.25) is 0 Å². The first kappa shape index (κ1) is 14.1. The third kappa shape index (κ3) is 3.18. The van der Waals surface area contributed by atoms with Crippen LogP contribution in [-0.2, 0) is 4.79 Å². The number of carbonyl (C=O) groups is 2. The van der Waals surface area contributed by atoms with Crippen molar-refractivity contribution in [3.63, 3.8) is 0 Å². The molecule has 6 nitrogen and oxygen atoms in total. The monoisotopic (exact) mass is 270 g/mol. The maximum atomic E-state index is 12.1. The van der Waals surface area contributed by atoms with Gasteiger partial charge in [-0.2, -0.15) is 0 Å². The van der Waals surface area contributed by atoms with Gasteiger partial charge in [-0.15, -0.1) is 0 Å². The number of likely N-dealkylation sites (tertiary alicyclic amines) is 1.